The third-order valence-electron chi connectivity index (χ3n) is 9.52. The summed E-state index contributed by atoms with van der Waals surface area (Å²) >= 11 is -2.89. The predicted octanol–water partition coefficient (Wildman–Crippen LogP) is 5.21. The van der Waals surface area contributed by atoms with E-state index in [9.17, 15) is 0 Å². The molecule has 4 heteroatoms. The second kappa shape index (κ2) is 13.8. The summed E-state index contributed by atoms with van der Waals surface area (Å²) in [4.78, 5) is 0. The minimum absolute atomic E-state index is 0. The fourth-order valence-electron chi connectivity index (χ4n) is 7.10. The monoisotopic (exact) mass is 734 g/mol. The topological polar surface area (TPSA) is 13.1 Å². The number of hydrogen-bond donors (Lipinski definition) is 0. The maximum atomic E-state index is 5.66. The van der Waals surface area contributed by atoms with Crippen molar-refractivity contribution < 1.29 is 50.5 Å². The summed E-state index contributed by atoms with van der Waals surface area (Å²) < 4.78 is 9.23. The Morgan fingerprint density at radius 1 is 0.660 bits per heavy atom. The molecule has 0 spiro atoms. The Morgan fingerprint density at radius 3 is 1.62 bits per heavy atom. The van der Waals surface area contributed by atoms with Crippen LogP contribution in [0.25, 0.3) is 16.7 Å². The standard InChI is InChI=1S/C21H25.C13H10.C9H7O.2ClH.Zr/c1-20(2,3)16-9-7-14-11-15-8-10-17(21(4,5)6)13-19(15)18(14)12-16;1-3-7-12(8-4-1)11-13-9-5-2-6-10-13;1-2-4-8(3-1)9-5-6-10-7-9;;;/h7-13H,1-6H3;1-10H;1,3,5-7H,2H2;2*1H;/q;;;;;+2/p-2. The Labute approximate surface area is 300 Å². The summed E-state index contributed by atoms with van der Waals surface area (Å²) in [6.07, 6.45) is 9.49. The van der Waals surface area contributed by atoms with E-state index >= 15 is 0 Å². The number of halogens is 2. The molecule has 0 N–H and O–H groups in total. The minimum Gasteiger partial charge on any atom is -1.00 e. The largest absolute Gasteiger partial charge is 1.00 e. The van der Waals surface area contributed by atoms with Crippen molar-refractivity contribution in [1.82, 2.24) is 0 Å². The summed E-state index contributed by atoms with van der Waals surface area (Å²) in [7, 11) is 0. The molecule has 0 aliphatic heterocycles. The SMILES string of the molecule is CC(C)(C)c1ccc2c(c1)-c1cc(C(C)(C)C)ccc1[CH]2[Zr+2]([C]1=C(c2ccoc2)C=CC1)=[C](c1ccccc1)c1ccccc1.[Cl-].[Cl-]. The van der Waals surface area contributed by atoms with Crippen LogP contribution < -0.4 is 24.8 Å². The predicted molar refractivity (Wildman–Crippen MR) is 187 cm³/mol. The fraction of sp³-hybridized carbons (Fsp3) is 0.233. The number of benzene rings is 4. The smallest absolute Gasteiger partial charge is 1.00 e. The maximum absolute atomic E-state index is 5.66. The molecular formula is C43H42Cl2OZr. The summed E-state index contributed by atoms with van der Waals surface area (Å²) in [5.74, 6) is 0. The van der Waals surface area contributed by atoms with Gasteiger partial charge in [0.15, 0.2) is 0 Å². The molecule has 4 aromatic carbocycles. The third kappa shape index (κ3) is 6.67. The molecular weight excluding hydrogens is 695 g/mol. The molecule has 0 bridgehead atoms. The van der Waals surface area contributed by atoms with Gasteiger partial charge in [0.1, 0.15) is 0 Å². The minimum atomic E-state index is -2.89. The average molecular weight is 737 g/mol. The van der Waals surface area contributed by atoms with Crippen molar-refractivity contribution >= 4 is 8.78 Å². The van der Waals surface area contributed by atoms with Crippen LogP contribution in [0.1, 0.15) is 90.5 Å². The number of furan rings is 1. The first kappa shape index (κ1) is 35.3. The molecule has 5 aromatic rings. The molecule has 1 aromatic heterocycles. The zero-order chi connectivity index (χ0) is 31.3. The molecule has 0 radical (unpaired) electrons. The van der Waals surface area contributed by atoms with Crippen LogP contribution in [-0.4, -0.2) is 3.21 Å². The van der Waals surface area contributed by atoms with Crippen molar-refractivity contribution in [3.8, 4) is 11.1 Å². The summed E-state index contributed by atoms with van der Waals surface area (Å²) in [5.41, 5.74) is 14.1. The van der Waals surface area contributed by atoms with Crippen LogP contribution in [0.5, 0.6) is 0 Å². The van der Waals surface area contributed by atoms with Crippen LogP contribution in [0.3, 0.4) is 0 Å². The molecule has 1 nitrogen and oxygen atoms in total. The Kier molecular flexibility index (Phi) is 10.4. The second-order valence-corrected chi connectivity index (χ2v) is 20.7. The van der Waals surface area contributed by atoms with Gasteiger partial charge in [0.2, 0.25) is 0 Å². The normalized spacial score (nSPS) is 13.7. The van der Waals surface area contributed by atoms with Gasteiger partial charge in [-0.15, -0.1) is 0 Å². The Hall–Kier alpha value is -3.03. The summed E-state index contributed by atoms with van der Waals surface area (Å²) in [6.45, 7) is 14.0. The van der Waals surface area contributed by atoms with Gasteiger partial charge >= 0.3 is 278 Å². The number of allylic oxidation sites excluding steroid dienone is 4. The van der Waals surface area contributed by atoms with Crippen LogP contribution in [0.2, 0.25) is 0 Å². The molecule has 238 valence electrons. The van der Waals surface area contributed by atoms with E-state index < -0.39 is 21.3 Å². The molecule has 0 saturated heterocycles. The van der Waals surface area contributed by atoms with Crippen LogP contribution in [-0.2, 0) is 32.1 Å². The molecule has 1 heterocycles. The molecule has 0 saturated carbocycles. The van der Waals surface area contributed by atoms with E-state index in [2.05, 4.69) is 157 Å². The first-order valence-corrected chi connectivity index (χ1v) is 20.1. The van der Waals surface area contributed by atoms with E-state index in [1.54, 1.807) is 6.49 Å². The quantitative estimate of drug-likeness (QED) is 0.242. The Balaban J connectivity index is 0.00000217. The molecule has 47 heavy (non-hydrogen) atoms. The van der Waals surface area contributed by atoms with Crippen molar-refractivity contribution in [1.29, 1.82) is 0 Å². The number of fused-ring (bicyclic) bond motifs is 3. The van der Waals surface area contributed by atoms with Gasteiger partial charge in [-0.2, -0.15) is 0 Å². The molecule has 0 unspecified atom stereocenters. The van der Waals surface area contributed by atoms with Gasteiger partial charge < -0.3 is 24.8 Å². The second-order valence-electron chi connectivity index (χ2n) is 14.6. The van der Waals surface area contributed by atoms with Crippen LogP contribution in [0.4, 0.5) is 0 Å². The fourth-order valence-corrected chi connectivity index (χ4v) is 16.6. The van der Waals surface area contributed by atoms with Crippen molar-refractivity contribution in [2.75, 3.05) is 0 Å². The molecule has 7 rings (SSSR count). The average Bonchev–Trinajstić information content (AvgIpc) is 3.79. The van der Waals surface area contributed by atoms with Crippen LogP contribution in [0, 0.1) is 0 Å². The van der Waals surface area contributed by atoms with Crippen molar-refractivity contribution in [2.24, 2.45) is 0 Å². The Bertz CT molecular complexity index is 1860. The van der Waals surface area contributed by atoms with Crippen molar-refractivity contribution in [3.63, 3.8) is 0 Å². The zero-order valence-corrected chi connectivity index (χ0v) is 32.0. The Morgan fingerprint density at radius 2 is 1.17 bits per heavy atom. The van der Waals surface area contributed by atoms with E-state index in [1.165, 1.54) is 55.6 Å². The first-order valence-electron chi connectivity index (χ1n) is 16.2. The molecule has 0 atom stereocenters. The number of hydrogen-bond acceptors (Lipinski definition) is 1. The zero-order valence-electron chi connectivity index (χ0n) is 28.1. The van der Waals surface area contributed by atoms with Gasteiger partial charge in [0.05, 0.1) is 0 Å². The van der Waals surface area contributed by atoms with Gasteiger partial charge in [-0.1, -0.05) is 0 Å². The van der Waals surface area contributed by atoms with E-state index in [-0.39, 0.29) is 35.6 Å². The van der Waals surface area contributed by atoms with Gasteiger partial charge in [0.25, 0.3) is 0 Å². The van der Waals surface area contributed by atoms with E-state index in [1.807, 2.05) is 12.5 Å². The van der Waals surface area contributed by atoms with E-state index in [0.29, 0.717) is 3.63 Å². The molecule has 0 amide bonds. The van der Waals surface area contributed by atoms with Gasteiger partial charge in [-0.3, -0.25) is 0 Å². The molecule has 2 aliphatic rings. The molecule has 0 fully saturated rings. The summed E-state index contributed by atoms with van der Waals surface area (Å²) in [6, 6.07) is 39.4. The van der Waals surface area contributed by atoms with Crippen LogP contribution >= 0.6 is 0 Å². The van der Waals surface area contributed by atoms with Crippen LogP contribution in [0.15, 0.2) is 136 Å². The van der Waals surface area contributed by atoms with Crippen molar-refractivity contribution in [2.45, 2.75) is 62.4 Å². The number of rotatable bonds is 5. The maximum Gasteiger partial charge on any atom is -1.00 e. The van der Waals surface area contributed by atoms with E-state index in [4.69, 9.17) is 4.42 Å². The summed E-state index contributed by atoms with van der Waals surface area (Å²) in [5, 5.41) is 0. The van der Waals surface area contributed by atoms with Gasteiger partial charge in [-0.05, 0) is 0 Å². The van der Waals surface area contributed by atoms with Gasteiger partial charge in [-0.25, -0.2) is 0 Å². The van der Waals surface area contributed by atoms with Gasteiger partial charge in [0, 0.05) is 0 Å². The van der Waals surface area contributed by atoms with Crippen molar-refractivity contribution in [3.05, 3.63) is 170 Å². The van der Waals surface area contributed by atoms with E-state index in [0.717, 1.165) is 6.42 Å². The third-order valence-corrected chi connectivity index (χ3v) is 18.0. The first-order chi connectivity index (χ1) is 21.6. The molecule has 2 aliphatic carbocycles.